The van der Waals surface area contributed by atoms with Gasteiger partial charge in [-0.1, -0.05) is 6.58 Å². The predicted octanol–water partition coefficient (Wildman–Crippen LogP) is 0.564. The third-order valence-electron chi connectivity index (χ3n) is 0.289. The van der Waals surface area contributed by atoms with Crippen molar-refractivity contribution in [1.82, 2.24) is 0 Å². The average Bonchev–Trinajstić information content (AvgIpc) is 1.89. The molecule has 0 radical (unpaired) electrons. The smallest absolute Gasteiger partial charge is 0.327 e. The Morgan fingerprint density at radius 1 is 1.45 bits per heavy atom. The van der Waals surface area contributed by atoms with E-state index in [0.717, 1.165) is 6.08 Å². The number of aliphatic carboxylic acids is 2. The van der Waals surface area contributed by atoms with Gasteiger partial charge in [-0.25, -0.2) is 4.79 Å². The van der Waals surface area contributed by atoms with Crippen molar-refractivity contribution >= 4 is 23.5 Å². The van der Waals surface area contributed by atoms with Gasteiger partial charge in [0, 0.05) is 25.6 Å². The van der Waals surface area contributed by atoms with Crippen LogP contribution in [-0.2, 0) is 29.1 Å². The summed E-state index contributed by atoms with van der Waals surface area (Å²) in [6, 6.07) is 0. The van der Waals surface area contributed by atoms with Gasteiger partial charge in [0.25, 0.3) is 0 Å². The Morgan fingerprint density at radius 3 is 1.64 bits per heavy atom. The molecule has 0 bridgehead atoms. The van der Waals surface area contributed by atoms with E-state index >= 15 is 0 Å². The molecule has 0 aliphatic carbocycles. The summed E-state index contributed by atoms with van der Waals surface area (Å²) in [6.07, 6.45) is 0.833. The molecule has 0 amide bonds. The summed E-state index contributed by atoms with van der Waals surface area (Å²) in [7, 11) is 0. The molecule has 0 atom stereocenters. The van der Waals surface area contributed by atoms with Crippen LogP contribution in [0.15, 0.2) is 12.7 Å². The topological polar surface area (TPSA) is 74.6 Å². The van der Waals surface area contributed by atoms with Crippen molar-refractivity contribution in [3.05, 3.63) is 12.7 Å². The third kappa shape index (κ3) is 42.8. The van der Waals surface area contributed by atoms with Crippen molar-refractivity contribution in [3.63, 3.8) is 0 Å². The monoisotopic (exact) mass is 230 g/mol. The number of alkyl halides is 1. The van der Waals surface area contributed by atoms with E-state index in [2.05, 4.69) is 6.58 Å². The zero-order valence-corrected chi connectivity index (χ0v) is 9.51. The first-order valence-electron chi connectivity index (χ1n) is 2.17. The van der Waals surface area contributed by atoms with Crippen LogP contribution >= 0.6 is 11.6 Å². The van der Waals surface area contributed by atoms with Crippen molar-refractivity contribution in [2.24, 2.45) is 0 Å². The maximum atomic E-state index is 9.25. The van der Waals surface area contributed by atoms with E-state index in [4.69, 9.17) is 21.8 Å². The Morgan fingerprint density at radius 2 is 1.64 bits per heavy atom. The van der Waals surface area contributed by atoms with Gasteiger partial charge in [0.2, 0.25) is 0 Å². The van der Waals surface area contributed by atoms with Crippen LogP contribution in [-0.4, -0.2) is 28.0 Å². The Kier molecular flexibility index (Phi) is 18.9. The van der Waals surface area contributed by atoms with Gasteiger partial charge in [-0.3, -0.25) is 4.79 Å². The Bertz CT molecular complexity index is 136. The minimum absolute atomic E-state index is 0. The molecule has 0 saturated heterocycles. The summed E-state index contributed by atoms with van der Waals surface area (Å²) in [5.41, 5.74) is 0. The zero-order valence-electron chi connectivity index (χ0n) is 5.79. The predicted molar refractivity (Wildman–Crippen MR) is 36.2 cm³/mol. The SMILES string of the molecule is C=CC(=O)O.O=C(O)CCl.[Zn]. The minimum atomic E-state index is -0.981. The summed E-state index contributed by atoms with van der Waals surface area (Å²) in [6.45, 7) is 2.96. The molecule has 0 aliphatic rings. The fourth-order valence-corrected chi connectivity index (χ4v) is 0. The van der Waals surface area contributed by atoms with Crippen molar-refractivity contribution in [2.75, 3.05) is 5.88 Å². The van der Waals surface area contributed by atoms with Gasteiger partial charge in [-0.2, -0.15) is 0 Å². The maximum Gasteiger partial charge on any atom is 0.327 e. The van der Waals surface area contributed by atoms with E-state index < -0.39 is 11.9 Å². The van der Waals surface area contributed by atoms with Gasteiger partial charge < -0.3 is 10.2 Å². The molecule has 0 saturated carbocycles. The summed E-state index contributed by atoms with van der Waals surface area (Å²) in [5.74, 6) is -2.27. The van der Waals surface area contributed by atoms with Gasteiger partial charge in [0.05, 0.1) is 0 Å². The molecule has 6 heteroatoms. The molecule has 0 unspecified atom stereocenters. The van der Waals surface area contributed by atoms with Crippen molar-refractivity contribution in [1.29, 1.82) is 0 Å². The molecule has 11 heavy (non-hydrogen) atoms. The van der Waals surface area contributed by atoms with Crippen molar-refractivity contribution in [3.8, 4) is 0 Å². The summed E-state index contributed by atoms with van der Waals surface area (Å²) < 4.78 is 0. The maximum absolute atomic E-state index is 9.25. The van der Waals surface area contributed by atoms with Crippen LogP contribution in [0.4, 0.5) is 0 Å². The fraction of sp³-hybridized carbons (Fsp3) is 0.200. The molecule has 2 N–H and O–H groups in total. The van der Waals surface area contributed by atoms with Crippen LogP contribution in [0.5, 0.6) is 0 Å². The molecule has 0 aliphatic heterocycles. The van der Waals surface area contributed by atoms with E-state index in [1.54, 1.807) is 0 Å². The van der Waals surface area contributed by atoms with Gasteiger partial charge in [0.1, 0.15) is 5.88 Å². The van der Waals surface area contributed by atoms with Crippen LogP contribution in [0.3, 0.4) is 0 Å². The standard InChI is InChI=1S/C3H4O2.C2H3ClO2.Zn/c1-2-3(4)5;3-1-2(4)5;/h2H,1H2,(H,4,5);1H2,(H,4,5);. The van der Waals surface area contributed by atoms with E-state index in [0.29, 0.717) is 0 Å². The van der Waals surface area contributed by atoms with Gasteiger partial charge in [-0.05, 0) is 0 Å². The molecule has 4 nitrogen and oxygen atoms in total. The summed E-state index contributed by atoms with van der Waals surface area (Å²) in [4.78, 5) is 18.5. The van der Waals surface area contributed by atoms with Crippen molar-refractivity contribution in [2.45, 2.75) is 0 Å². The Balaban J connectivity index is -0.000000107. The van der Waals surface area contributed by atoms with Crippen LogP contribution < -0.4 is 0 Å². The molecule has 0 aromatic rings. The number of carboxylic acid groups (broad SMARTS) is 2. The molecule has 60 valence electrons. The first-order valence-corrected chi connectivity index (χ1v) is 2.71. The number of rotatable bonds is 2. The first kappa shape index (κ1) is 16.9. The molecule has 0 fully saturated rings. The molecule has 0 heterocycles. The normalized spacial score (nSPS) is 6.27. The quantitative estimate of drug-likeness (QED) is 0.414. The van der Waals surface area contributed by atoms with Gasteiger partial charge >= 0.3 is 11.9 Å². The second-order valence-electron chi connectivity index (χ2n) is 1.07. The van der Waals surface area contributed by atoms with E-state index in [1.165, 1.54) is 0 Å². The molecule has 0 aromatic heterocycles. The van der Waals surface area contributed by atoms with Crippen LogP contribution in [0.2, 0.25) is 0 Å². The third-order valence-corrected chi connectivity index (χ3v) is 0.518. The average molecular weight is 232 g/mol. The van der Waals surface area contributed by atoms with Crippen molar-refractivity contribution < 1.29 is 39.3 Å². The zero-order chi connectivity index (χ0) is 8.57. The van der Waals surface area contributed by atoms with Gasteiger partial charge in [0.15, 0.2) is 0 Å². The van der Waals surface area contributed by atoms with E-state index in [9.17, 15) is 9.59 Å². The molecule has 0 aromatic carbocycles. The number of carboxylic acids is 2. The van der Waals surface area contributed by atoms with Crippen LogP contribution in [0, 0.1) is 0 Å². The second kappa shape index (κ2) is 12.3. The van der Waals surface area contributed by atoms with Crippen LogP contribution in [0.1, 0.15) is 0 Å². The van der Waals surface area contributed by atoms with Crippen LogP contribution in [0.25, 0.3) is 0 Å². The van der Waals surface area contributed by atoms with E-state index in [1.807, 2.05) is 0 Å². The first-order chi connectivity index (χ1) is 4.54. The number of hydrogen-bond acceptors (Lipinski definition) is 2. The molecular formula is C5H7ClO4Zn. The molecular weight excluding hydrogens is 225 g/mol. The molecule has 0 rings (SSSR count). The number of carbonyl (C=O) groups is 2. The summed E-state index contributed by atoms with van der Waals surface area (Å²) in [5, 5.41) is 15.2. The largest absolute Gasteiger partial charge is 0.480 e. The Hall–Kier alpha value is -0.407. The minimum Gasteiger partial charge on any atom is -0.480 e. The fourth-order valence-electron chi connectivity index (χ4n) is 0. The number of hydrogen-bond donors (Lipinski definition) is 2. The van der Waals surface area contributed by atoms with E-state index in [-0.39, 0.29) is 25.4 Å². The Labute approximate surface area is 81.6 Å². The molecule has 0 spiro atoms. The number of halogens is 1. The second-order valence-corrected chi connectivity index (χ2v) is 1.34. The summed E-state index contributed by atoms with van der Waals surface area (Å²) >= 11 is 4.74. The van der Waals surface area contributed by atoms with Gasteiger partial charge in [-0.15, -0.1) is 11.6 Å².